The summed E-state index contributed by atoms with van der Waals surface area (Å²) in [4.78, 5) is 27.6. The van der Waals surface area contributed by atoms with Crippen molar-refractivity contribution >= 4 is 34.7 Å². The Morgan fingerprint density at radius 2 is 2.18 bits per heavy atom. The molecule has 1 aromatic heterocycles. The second kappa shape index (κ2) is 8.56. The Morgan fingerprint density at radius 1 is 1.30 bits per heavy atom. The number of anilines is 1. The lowest BCUT2D eigenvalue weighted by atomic mass is 9.81. The monoisotopic (exact) mass is 469 g/mol. The Kier molecular flexibility index (Phi) is 5.59. The number of nitrogens with two attached hydrogens (primary N) is 1. The second-order valence-electron chi connectivity index (χ2n) is 8.06. The van der Waals surface area contributed by atoms with Crippen LogP contribution in [0.3, 0.4) is 0 Å². The molecule has 1 amide bonds. The number of likely N-dealkylation sites (tertiary alicyclic amines) is 1. The highest BCUT2D eigenvalue weighted by Crippen LogP contribution is 2.46. The highest BCUT2D eigenvalue weighted by molar-refractivity contribution is 8.13. The van der Waals surface area contributed by atoms with Gasteiger partial charge in [-0.25, -0.2) is 18.8 Å². The summed E-state index contributed by atoms with van der Waals surface area (Å²) < 4.78 is 26.5. The maximum Gasteiger partial charge on any atom is 0.274 e. The number of amides is 1. The van der Waals surface area contributed by atoms with E-state index in [0.717, 1.165) is 17.5 Å². The fraction of sp³-hybridized carbons (Fsp3) is 0.273. The van der Waals surface area contributed by atoms with Crippen molar-refractivity contribution in [2.75, 3.05) is 24.2 Å². The maximum absolute atomic E-state index is 13.4. The van der Waals surface area contributed by atoms with E-state index in [1.165, 1.54) is 36.3 Å². The van der Waals surface area contributed by atoms with E-state index in [1.807, 2.05) is 18.2 Å². The predicted molar refractivity (Wildman–Crippen MR) is 124 cm³/mol. The van der Waals surface area contributed by atoms with E-state index >= 15 is 0 Å². The van der Waals surface area contributed by atoms with Gasteiger partial charge in [0.05, 0.1) is 12.4 Å². The van der Waals surface area contributed by atoms with Crippen LogP contribution in [0.15, 0.2) is 64.6 Å². The number of nitrogens with one attached hydrogen (secondary N) is 2. The van der Waals surface area contributed by atoms with Crippen LogP contribution < -0.4 is 16.4 Å². The molecule has 3 aliphatic heterocycles. The molecule has 4 heterocycles. The first-order chi connectivity index (χ1) is 15.9. The lowest BCUT2D eigenvalue weighted by molar-refractivity contribution is 0.102. The number of benzene rings is 1. The molecule has 0 spiro atoms. The number of aromatic nitrogens is 1. The number of thioether (sulfide) groups is 1. The third-order valence-corrected chi connectivity index (χ3v) is 6.91. The van der Waals surface area contributed by atoms with Crippen LogP contribution in [-0.4, -0.2) is 52.3 Å². The van der Waals surface area contributed by atoms with Gasteiger partial charge in [-0.15, -0.1) is 0 Å². The van der Waals surface area contributed by atoms with Gasteiger partial charge in [0.25, 0.3) is 5.91 Å². The quantitative estimate of drug-likeness (QED) is 0.635. The molecule has 1 aromatic carbocycles. The zero-order chi connectivity index (χ0) is 23.0. The van der Waals surface area contributed by atoms with E-state index in [1.54, 1.807) is 6.07 Å². The molecule has 0 bridgehead atoms. The van der Waals surface area contributed by atoms with Crippen molar-refractivity contribution in [1.29, 1.82) is 0 Å². The van der Waals surface area contributed by atoms with Crippen molar-refractivity contribution in [3.8, 4) is 0 Å². The van der Waals surface area contributed by atoms with Gasteiger partial charge in [0, 0.05) is 36.6 Å². The Morgan fingerprint density at radius 3 is 2.94 bits per heavy atom. The van der Waals surface area contributed by atoms with Crippen molar-refractivity contribution in [3.63, 3.8) is 0 Å². The van der Waals surface area contributed by atoms with E-state index in [4.69, 9.17) is 10.7 Å². The van der Waals surface area contributed by atoms with Gasteiger partial charge < -0.3 is 16.4 Å². The molecule has 0 aliphatic carbocycles. The van der Waals surface area contributed by atoms with Gasteiger partial charge in [-0.05, 0) is 29.8 Å². The number of allylic oxidation sites excluding steroid dienone is 1. The smallest absolute Gasteiger partial charge is 0.274 e. The van der Waals surface area contributed by atoms with Crippen molar-refractivity contribution in [3.05, 3.63) is 71.7 Å². The summed E-state index contributed by atoms with van der Waals surface area (Å²) in [6, 6.07) is 9.98. The summed E-state index contributed by atoms with van der Waals surface area (Å²) in [5, 5.41) is 6.29. The number of amidine groups is 1. The number of rotatable bonds is 4. The van der Waals surface area contributed by atoms with Gasteiger partial charge in [-0.3, -0.25) is 14.7 Å². The summed E-state index contributed by atoms with van der Waals surface area (Å²) in [7, 11) is 0. The van der Waals surface area contributed by atoms with E-state index in [9.17, 15) is 13.6 Å². The van der Waals surface area contributed by atoms with Gasteiger partial charge >= 0.3 is 0 Å². The first kappa shape index (κ1) is 21.5. The molecule has 1 saturated heterocycles. The number of hydrogen-bond acceptors (Lipinski definition) is 8. The van der Waals surface area contributed by atoms with E-state index in [-0.39, 0.29) is 17.9 Å². The highest BCUT2D eigenvalue weighted by Gasteiger charge is 2.51. The van der Waals surface area contributed by atoms with E-state index < -0.39 is 23.1 Å². The van der Waals surface area contributed by atoms with Crippen molar-refractivity contribution < 1.29 is 13.6 Å². The van der Waals surface area contributed by atoms with E-state index in [2.05, 4.69) is 25.5 Å². The van der Waals surface area contributed by atoms with Gasteiger partial charge in [0.2, 0.25) is 0 Å². The molecule has 3 atom stereocenters. The summed E-state index contributed by atoms with van der Waals surface area (Å²) in [6.45, 7) is 1.23. The molecule has 0 radical (unpaired) electrons. The van der Waals surface area contributed by atoms with Crippen LogP contribution in [0.5, 0.6) is 0 Å². The average Bonchev–Trinajstić information content (AvgIpc) is 3.20. The molecule has 11 heteroatoms. The fourth-order valence-electron chi connectivity index (χ4n) is 4.39. The largest absolute Gasteiger partial charge is 0.379 e. The number of nitrogens with zero attached hydrogens (tertiary/aromatic N) is 4. The predicted octanol–water partition coefficient (Wildman–Crippen LogP) is 2.43. The average molecular weight is 470 g/mol. The molecule has 3 unspecified atom stereocenters. The van der Waals surface area contributed by atoms with Crippen LogP contribution in [0.25, 0.3) is 0 Å². The molecule has 2 aromatic rings. The summed E-state index contributed by atoms with van der Waals surface area (Å²) in [5.41, 5.74) is 7.11. The Labute approximate surface area is 193 Å². The van der Waals surface area contributed by atoms with Crippen LogP contribution >= 0.6 is 11.8 Å². The number of hydrogen-bond donors (Lipinski definition) is 3. The van der Waals surface area contributed by atoms with Crippen molar-refractivity contribution in [1.82, 2.24) is 15.2 Å². The van der Waals surface area contributed by atoms with Gasteiger partial charge in [-0.1, -0.05) is 23.9 Å². The number of fused-ring (bicyclic) bond motifs is 1. The standard InChI is InChI=1S/C22H21F2N7OS/c23-15-4-5-18(26-7-15)19(32)29-17-3-1-2-13(6-17)22-12-31(21-27-8-16(24)9-28-21)10-14(22)11-33-20(25)30-22/h1-9,14,21,27H,10-12H2,(H2,25,30)(H,29,32). The molecule has 4 N–H and O–H groups in total. The molecule has 170 valence electrons. The zero-order valence-corrected chi connectivity index (χ0v) is 18.2. The summed E-state index contributed by atoms with van der Waals surface area (Å²) in [5.74, 6) is -0.444. The lowest BCUT2D eigenvalue weighted by Gasteiger charge is -2.35. The van der Waals surface area contributed by atoms with Crippen LogP contribution in [0.2, 0.25) is 0 Å². The van der Waals surface area contributed by atoms with Crippen LogP contribution in [0.1, 0.15) is 16.1 Å². The first-order valence-electron chi connectivity index (χ1n) is 10.3. The first-order valence-corrected chi connectivity index (χ1v) is 11.3. The number of aliphatic imine (C=N–C) groups is 2. The minimum Gasteiger partial charge on any atom is -0.379 e. The van der Waals surface area contributed by atoms with Gasteiger partial charge in [0.15, 0.2) is 17.3 Å². The summed E-state index contributed by atoms with van der Waals surface area (Å²) in [6.07, 6.45) is 3.13. The van der Waals surface area contributed by atoms with E-state index in [0.29, 0.717) is 23.9 Å². The minimum atomic E-state index is -0.624. The molecular weight excluding hydrogens is 448 g/mol. The number of halogens is 2. The topological polar surface area (TPSA) is 108 Å². The number of carbonyl (C=O) groups excluding carboxylic acids is 1. The van der Waals surface area contributed by atoms with Crippen LogP contribution in [0.4, 0.5) is 14.5 Å². The van der Waals surface area contributed by atoms with Crippen molar-refractivity contribution in [2.45, 2.75) is 11.8 Å². The lowest BCUT2D eigenvalue weighted by Crippen LogP contribution is -2.44. The molecule has 3 aliphatic rings. The Balaban J connectivity index is 1.42. The fourth-order valence-corrected chi connectivity index (χ4v) is 5.38. The normalized spacial score (nSPS) is 26.7. The molecule has 8 nitrogen and oxygen atoms in total. The minimum absolute atomic E-state index is 0.114. The van der Waals surface area contributed by atoms with Crippen molar-refractivity contribution in [2.24, 2.45) is 21.6 Å². The zero-order valence-electron chi connectivity index (χ0n) is 17.4. The molecule has 0 saturated carbocycles. The SMILES string of the molecule is NC1=NC2(c3cccc(NC(=O)c4ccc(F)cn4)c3)CN(C3N=CC(F)=CN3)CC2CS1. The van der Waals surface area contributed by atoms with Gasteiger partial charge in [-0.2, -0.15) is 0 Å². The number of carbonyl (C=O) groups is 1. The Bertz CT molecular complexity index is 1170. The van der Waals surface area contributed by atoms with Crippen LogP contribution in [0, 0.1) is 11.7 Å². The Hall–Kier alpha value is -3.31. The summed E-state index contributed by atoms with van der Waals surface area (Å²) >= 11 is 1.51. The highest BCUT2D eigenvalue weighted by atomic mass is 32.2. The molecular formula is C22H21F2N7OS. The maximum atomic E-state index is 13.4. The molecule has 1 fully saturated rings. The molecule has 5 rings (SSSR count). The second-order valence-corrected chi connectivity index (χ2v) is 9.10. The third-order valence-electron chi connectivity index (χ3n) is 5.95. The van der Waals surface area contributed by atoms with Crippen LogP contribution in [-0.2, 0) is 5.54 Å². The molecule has 33 heavy (non-hydrogen) atoms. The van der Waals surface area contributed by atoms with Gasteiger partial charge in [0.1, 0.15) is 17.1 Å². The third kappa shape index (κ3) is 4.21. The number of pyridine rings is 1.